The molecule has 1 amide bonds. The molecule has 5 nitrogen and oxygen atoms in total. The maximum absolute atomic E-state index is 12.5. The van der Waals surface area contributed by atoms with Crippen LogP contribution in [0.2, 0.25) is 0 Å². The van der Waals surface area contributed by atoms with Gasteiger partial charge < -0.3 is 10.1 Å². The third-order valence-corrected chi connectivity index (χ3v) is 4.29. The highest BCUT2D eigenvalue weighted by Crippen LogP contribution is 2.24. The van der Waals surface area contributed by atoms with Gasteiger partial charge in [-0.1, -0.05) is 6.07 Å². The van der Waals surface area contributed by atoms with E-state index in [1.54, 1.807) is 31.5 Å². The van der Waals surface area contributed by atoms with Crippen LogP contribution in [-0.2, 0) is 0 Å². The smallest absolute Gasteiger partial charge is 0.256 e. The highest BCUT2D eigenvalue weighted by molar-refractivity contribution is 9.10. The van der Waals surface area contributed by atoms with Gasteiger partial charge in [-0.15, -0.1) is 0 Å². The van der Waals surface area contributed by atoms with Crippen molar-refractivity contribution in [3.05, 3.63) is 70.5 Å². The van der Waals surface area contributed by atoms with Crippen LogP contribution in [0.4, 0.5) is 5.69 Å². The fourth-order valence-corrected chi connectivity index (χ4v) is 2.79. The minimum atomic E-state index is -0.213. The van der Waals surface area contributed by atoms with Crippen molar-refractivity contribution in [3.8, 4) is 11.4 Å². The van der Waals surface area contributed by atoms with Gasteiger partial charge in [-0.3, -0.25) is 4.79 Å². The van der Waals surface area contributed by atoms with Crippen LogP contribution in [0.5, 0.6) is 5.75 Å². The summed E-state index contributed by atoms with van der Waals surface area (Å²) in [4.78, 5) is 12.5. The van der Waals surface area contributed by atoms with Crippen LogP contribution in [0, 0.1) is 6.92 Å². The van der Waals surface area contributed by atoms with Crippen LogP contribution in [-0.4, -0.2) is 22.8 Å². The number of hydrogen-bond donors (Lipinski definition) is 1. The summed E-state index contributed by atoms with van der Waals surface area (Å²) < 4.78 is 7.70. The van der Waals surface area contributed by atoms with Crippen LogP contribution < -0.4 is 10.1 Å². The zero-order valence-electron chi connectivity index (χ0n) is 13.3. The Morgan fingerprint density at radius 1 is 1.21 bits per heavy atom. The first kappa shape index (κ1) is 16.3. The number of amides is 1. The number of halogens is 1. The van der Waals surface area contributed by atoms with Gasteiger partial charge in [0.1, 0.15) is 5.75 Å². The van der Waals surface area contributed by atoms with E-state index in [1.807, 2.05) is 41.9 Å². The Morgan fingerprint density at radius 3 is 2.75 bits per heavy atom. The second-order valence-electron chi connectivity index (χ2n) is 5.23. The summed E-state index contributed by atoms with van der Waals surface area (Å²) in [6.45, 7) is 1.98. The molecule has 0 bridgehead atoms. The number of aryl methyl sites for hydroxylation is 1. The Hall–Kier alpha value is -2.60. The molecule has 1 N–H and O–H groups in total. The normalized spacial score (nSPS) is 10.5. The number of carbonyl (C=O) groups is 1. The minimum Gasteiger partial charge on any atom is -0.497 e. The van der Waals surface area contributed by atoms with Crippen LogP contribution in [0.25, 0.3) is 5.69 Å². The molecular formula is C18H16BrN3O2. The average molecular weight is 386 g/mol. The van der Waals surface area contributed by atoms with Gasteiger partial charge in [0.25, 0.3) is 5.91 Å². The van der Waals surface area contributed by atoms with E-state index in [1.165, 1.54) is 0 Å². The number of carbonyl (C=O) groups excluding carboxylic acids is 1. The number of rotatable bonds is 4. The summed E-state index contributed by atoms with van der Waals surface area (Å²) in [6.07, 6.45) is 1.74. The molecule has 3 rings (SSSR count). The first-order valence-corrected chi connectivity index (χ1v) is 8.14. The number of ether oxygens (including phenoxy) is 1. The average Bonchev–Trinajstić information content (AvgIpc) is 3.01. The SMILES string of the molecule is COc1ccc(Br)c(C(=O)Nc2cccc(-n3nccc3C)c2)c1. The summed E-state index contributed by atoms with van der Waals surface area (Å²) in [5, 5.41) is 7.19. The fraction of sp³-hybridized carbons (Fsp3) is 0.111. The summed E-state index contributed by atoms with van der Waals surface area (Å²) in [5.74, 6) is 0.416. The molecule has 0 spiro atoms. The maximum Gasteiger partial charge on any atom is 0.256 e. The third-order valence-electron chi connectivity index (χ3n) is 3.60. The van der Waals surface area contributed by atoms with Crippen molar-refractivity contribution < 1.29 is 9.53 Å². The van der Waals surface area contributed by atoms with Crippen LogP contribution in [0.3, 0.4) is 0 Å². The molecule has 1 aromatic heterocycles. The van der Waals surface area contributed by atoms with Gasteiger partial charge >= 0.3 is 0 Å². The van der Waals surface area contributed by atoms with E-state index in [-0.39, 0.29) is 5.91 Å². The van der Waals surface area contributed by atoms with Crippen LogP contribution in [0.15, 0.2) is 59.2 Å². The molecule has 1 heterocycles. The van der Waals surface area contributed by atoms with Crippen molar-refractivity contribution in [3.63, 3.8) is 0 Å². The van der Waals surface area contributed by atoms with E-state index in [9.17, 15) is 4.79 Å². The van der Waals surface area contributed by atoms with E-state index in [4.69, 9.17) is 4.74 Å². The molecule has 0 fully saturated rings. The zero-order chi connectivity index (χ0) is 17.1. The zero-order valence-corrected chi connectivity index (χ0v) is 14.9. The van der Waals surface area contributed by atoms with Crippen molar-refractivity contribution in [2.24, 2.45) is 0 Å². The standard InChI is InChI=1S/C18H16BrN3O2/c1-12-8-9-20-22(12)14-5-3-4-13(10-14)21-18(23)16-11-15(24-2)6-7-17(16)19/h3-11H,1-2H3,(H,21,23). The van der Waals surface area contributed by atoms with E-state index in [2.05, 4.69) is 26.3 Å². The molecule has 3 aromatic rings. The van der Waals surface area contributed by atoms with Crippen molar-refractivity contribution in [2.75, 3.05) is 12.4 Å². The summed E-state index contributed by atoms with van der Waals surface area (Å²) in [7, 11) is 1.57. The number of benzene rings is 2. The van der Waals surface area contributed by atoms with E-state index in [0.717, 1.165) is 11.4 Å². The lowest BCUT2D eigenvalue weighted by molar-refractivity contribution is 0.102. The van der Waals surface area contributed by atoms with Gasteiger partial charge in [0.2, 0.25) is 0 Å². The fourth-order valence-electron chi connectivity index (χ4n) is 2.36. The summed E-state index contributed by atoms with van der Waals surface area (Å²) >= 11 is 3.40. The number of nitrogens with one attached hydrogen (secondary N) is 1. The quantitative estimate of drug-likeness (QED) is 0.731. The molecule has 0 aliphatic carbocycles. The van der Waals surface area contributed by atoms with Gasteiger partial charge in [0.15, 0.2) is 0 Å². The molecule has 0 saturated heterocycles. The largest absolute Gasteiger partial charge is 0.497 e. The molecule has 24 heavy (non-hydrogen) atoms. The van der Waals surface area contributed by atoms with Gasteiger partial charge in [-0.25, -0.2) is 4.68 Å². The molecule has 0 saturated carbocycles. The van der Waals surface area contributed by atoms with Gasteiger partial charge in [-0.2, -0.15) is 5.10 Å². The number of aromatic nitrogens is 2. The maximum atomic E-state index is 12.5. The van der Waals surface area contributed by atoms with Gasteiger partial charge in [-0.05, 0) is 65.3 Å². The Morgan fingerprint density at radius 2 is 2.04 bits per heavy atom. The molecule has 0 aliphatic rings. The predicted octanol–water partition coefficient (Wildman–Crippen LogP) is 4.20. The summed E-state index contributed by atoms with van der Waals surface area (Å²) in [5.41, 5.74) is 3.12. The lowest BCUT2D eigenvalue weighted by Gasteiger charge is -2.10. The number of methoxy groups -OCH3 is 1. The Balaban J connectivity index is 1.86. The van der Waals surface area contributed by atoms with E-state index in [0.29, 0.717) is 21.5 Å². The lowest BCUT2D eigenvalue weighted by Crippen LogP contribution is -2.13. The van der Waals surface area contributed by atoms with Crippen molar-refractivity contribution in [2.45, 2.75) is 6.92 Å². The Kier molecular flexibility index (Phi) is 4.66. The Bertz CT molecular complexity index is 889. The second-order valence-corrected chi connectivity index (χ2v) is 6.09. The first-order valence-electron chi connectivity index (χ1n) is 7.34. The number of anilines is 1. The van der Waals surface area contributed by atoms with Gasteiger partial charge in [0, 0.05) is 22.1 Å². The molecule has 6 heteroatoms. The van der Waals surface area contributed by atoms with Gasteiger partial charge in [0.05, 0.1) is 18.4 Å². The molecule has 0 atom stereocenters. The van der Waals surface area contributed by atoms with Crippen LogP contribution >= 0.6 is 15.9 Å². The molecule has 2 aromatic carbocycles. The molecule has 0 radical (unpaired) electrons. The highest BCUT2D eigenvalue weighted by Gasteiger charge is 2.12. The minimum absolute atomic E-state index is 0.213. The third kappa shape index (κ3) is 3.33. The van der Waals surface area contributed by atoms with Crippen molar-refractivity contribution in [1.29, 1.82) is 0 Å². The highest BCUT2D eigenvalue weighted by atomic mass is 79.9. The topological polar surface area (TPSA) is 56.1 Å². The molecule has 122 valence electrons. The summed E-state index contributed by atoms with van der Waals surface area (Å²) in [6, 6.07) is 14.8. The molecular weight excluding hydrogens is 370 g/mol. The molecule has 0 unspecified atom stereocenters. The lowest BCUT2D eigenvalue weighted by atomic mass is 10.2. The predicted molar refractivity (Wildman–Crippen MR) is 96.9 cm³/mol. The van der Waals surface area contributed by atoms with E-state index < -0.39 is 0 Å². The van der Waals surface area contributed by atoms with E-state index >= 15 is 0 Å². The Labute approximate surface area is 148 Å². The number of nitrogens with zero attached hydrogens (tertiary/aromatic N) is 2. The van der Waals surface area contributed by atoms with Crippen LogP contribution in [0.1, 0.15) is 16.1 Å². The van der Waals surface area contributed by atoms with Crippen molar-refractivity contribution >= 4 is 27.5 Å². The first-order chi connectivity index (χ1) is 11.6. The monoisotopic (exact) mass is 385 g/mol. The second kappa shape index (κ2) is 6.88. The number of hydrogen-bond acceptors (Lipinski definition) is 3. The molecule has 0 aliphatic heterocycles. The van der Waals surface area contributed by atoms with Crippen molar-refractivity contribution in [1.82, 2.24) is 9.78 Å².